The van der Waals surface area contributed by atoms with E-state index in [9.17, 15) is 4.79 Å². The molecule has 0 aromatic carbocycles. The lowest BCUT2D eigenvalue weighted by molar-refractivity contribution is -0.122. The Hall–Kier alpha value is -0.610. The molecule has 2 fully saturated rings. The summed E-state index contributed by atoms with van der Waals surface area (Å²) in [5.74, 6) is 0.860. The Bertz CT molecular complexity index is 243. The molecule has 4 heteroatoms. The smallest absolute Gasteiger partial charge is 0.220 e. The molecule has 0 unspecified atom stereocenters. The summed E-state index contributed by atoms with van der Waals surface area (Å²) in [4.78, 5) is 11.1. The zero-order chi connectivity index (χ0) is 12.1. The third-order valence-electron chi connectivity index (χ3n) is 4.28. The first-order valence-electron chi connectivity index (χ1n) is 6.99. The van der Waals surface area contributed by atoms with Gasteiger partial charge in [-0.1, -0.05) is 0 Å². The van der Waals surface area contributed by atoms with Crippen LogP contribution in [0.1, 0.15) is 38.5 Å². The highest BCUT2D eigenvalue weighted by Crippen LogP contribution is 2.24. The van der Waals surface area contributed by atoms with Crippen molar-refractivity contribution in [2.75, 3.05) is 19.6 Å². The Morgan fingerprint density at radius 2 is 1.76 bits per heavy atom. The van der Waals surface area contributed by atoms with E-state index < -0.39 is 0 Å². The summed E-state index contributed by atoms with van der Waals surface area (Å²) in [6, 6.07) is 0.612. The quantitative estimate of drug-likeness (QED) is 0.674. The Balaban J connectivity index is 1.62. The minimum Gasteiger partial charge on any atom is -0.369 e. The molecule has 1 saturated heterocycles. The summed E-state index contributed by atoms with van der Waals surface area (Å²) < 4.78 is 0. The first-order chi connectivity index (χ1) is 8.25. The van der Waals surface area contributed by atoms with Gasteiger partial charge >= 0.3 is 0 Å². The molecule has 0 spiro atoms. The van der Waals surface area contributed by atoms with Crippen LogP contribution in [0.4, 0.5) is 0 Å². The number of nitrogens with one attached hydrogen (secondary N) is 2. The number of piperidine rings is 1. The van der Waals surface area contributed by atoms with E-state index in [1.165, 1.54) is 25.9 Å². The summed E-state index contributed by atoms with van der Waals surface area (Å²) in [6.45, 7) is 3.48. The topological polar surface area (TPSA) is 67.2 Å². The van der Waals surface area contributed by atoms with Crippen LogP contribution in [0.3, 0.4) is 0 Å². The molecule has 4 nitrogen and oxygen atoms in total. The molecule has 1 heterocycles. The SMILES string of the molecule is NC(=O)C1CCC(NCC2CCNCC2)CC1. The number of carbonyl (C=O) groups excluding carboxylic acids is 1. The number of rotatable bonds is 4. The molecule has 0 radical (unpaired) electrons. The van der Waals surface area contributed by atoms with Crippen molar-refractivity contribution >= 4 is 5.91 Å². The van der Waals surface area contributed by atoms with Crippen LogP contribution < -0.4 is 16.4 Å². The van der Waals surface area contributed by atoms with E-state index in [0.29, 0.717) is 6.04 Å². The Kier molecular flexibility index (Phi) is 4.80. The lowest BCUT2D eigenvalue weighted by Crippen LogP contribution is -2.40. The number of nitrogens with two attached hydrogens (primary N) is 1. The molecule has 98 valence electrons. The van der Waals surface area contributed by atoms with Crippen LogP contribution in [0, 0.1) is 11.8 Å². The van der Waals surface area contributed by atoms with Gasteiger partial charge in [0.15, 0.2) is 0 Å². The molecule has 2 rings (SSSR count). The van der Waals surface area contributed by atoms with Crippen LogP contribution in [0.5, 0.6) is 0 Å². The van der Waals surface area contributed by atoms with Crippen LogP contribution in [0.2, 0.25) is 0 Å². The van der Waals surface area contributed by atoms with E-state index in [0.717, 1.165) is 38.1 Å². The predicted molar refractivity (Wildman–Crippen MR) is 68.5 cm³/mol. The van der Waals surface area contributed by atoms with Crippen molar-refractivity contribution in [3.8, 4) is 0 Å². The molecule has 1 aliphatic carbocycles. The molecule has 2 aliphatic rings. The summed E-state index contributed by atoms with van der Waals surface area (Å²) in [5.41, 5.74) is 5.34. The lowest BCUT2D eigenvalue weighted by atomic mass is 9.85. The van der Waals surface area contributed by atoms with Gasteiger partial charge in [-0.2, -0.15) is 0 Å². The standard InChI is InChI=1S/C13H25N3O/c14-13(17)11-1-3-12(4-2-11)16-9-10-5-7-15-8-6-10/h10-12,15-16H,1-9H2,(H2,14,17). The fourth-order valence-corrected chi connectivity index (χ4v) is 3.00. The first-order valence-corrected chi connectivity index (χ1v) is 6.99. The maximum absolute atomic E-state index is 11.1. The van der Waals surface area contributed by atoms with E-state index in [-0.39, 0.29) is 11.8 Å². The van der Waals surface area contributed by atoms with E-state index in [1.807, 2.05) is 0 Å². The molecule has 4 N–H and O–H groups in total. The molecule has 0 bridgehead atoms. The van der Waals surface area contributed by atoms with Crippen molar-refractivity contribution in [3.63, 3.8) is 0 Å². The van der Waals surface area contributed by atoms with Gasteiger partial charge in [-0.3, -0.25) is 4.79 Å². The van der Waals surface area contributed by atoms with Crippen molar-refractivity contribution in [1.82, 2.24) is 10.6 Å². The van der Waals surface area contributed by atoms with Crippen molar-refractivity contribution < 1.29 is 4.79 Å². The highest BCUT2D eigenvalue weighted by Gasteiger charge is 2.24. The monoisotopic (exact) mass is 239 g/mol. The molecule has 1 aliphatic heterocycles. The van der Waals surface area contributed by atoms with Gasteiger partial charge in [-0.25, -0.2) is 0 Å². The van der Waals surface area contributed by atoms with Crippen LogP contribution >= 0.6 is 0 Å². The third kappa shape index (κ3) is 3.96. The van der Waals surface area contributed by atoms with Gasteiger partial charge in [0.2, 0.25) is 5.91 Å². The van der Waals surface area contributed by atoms with Gasteiger partial charge < -0.3 is 16.4 Å². The second kappa shape index (κ2) is 6.36. The molecular weight excluding hydrogens is 214 g/mol. The van der Waals surface area contributed by atoms with Crippen LogP contribution in [-0.2, 0) is 4.79 Å². The van der Waals surface area contributed by atoms with Crippen LogP contribution in [0.25, 0.3) is 0 Å². The van der Waals surface area contributed by atoms with Crippen LogP contribution in [-0.4, -0.2) is 31.6 Å². The normalized spacial score (nSPS) is 31.3. The molecule has 1 saturated carbocycles. The molecule has 0 atom stereocenters. The fraction of sp³-hybridized carbons (Fsp3) is 0.923. The van der Waals surface area contributed by atoms with Crippen molar-refractivity contribution in [2.24, 2.45) is 17.6 Å². The largest absolute Gasteiger partial charge is 0.369 e. The van der Waals surface area contributed by atoms with E-state index >= 15 is 0 Å². The van der Waals surface area contributed by atoms with Gasteiger partial charge in [0, 0.05) is 12.0 Å². The van der Waals surface area contributed by atoms with Crippen molar-refractivity contribution in [3.05, 3.63) is 0 Å². The molecule has 0 aromatic heterocycles. The Morgan fingerprint density at radius 3 is 2.35 bits per heavy atom. The maximum Gasteiger partial charge on any atom is 0.220 e. The third-order valence-corrected chi connectivity index (χ3v) is 4.28. The number of carbonyl (C=O) groups is 1. The first kappa shape index (κ1) is 12.8. The highest BCUT2D eigenvalue weighted by atomic mass is 16.1. The minimum atomic E-state index is -0.109. The Morgan fingerprint density at radius 1 is 1.12 bits per heavy atom. The molecular formula is C13H25N3O. The van der Waals surface area contributed by atoms with E-state index in [2.05, 4.69) is 10.6 Å². The number of primary amides is 1. The molecule has 17 heavy (non-hydrogen) atoms. The van der Waals surface area contributed by atoms with Gasteiger partial charge in [0.25, 0.3) is 0 Å². The van der Waals surface area contributed by atoms with Crippen molar-refractivity contribution in [2.45, 2.75) is 44.6 Å². The van der Waals surface area contributed by atoms with Gasteiger partial charge in [-0.05, 0) is 64.1 Å². The number of amides is 1. The molecule has 1 amide bonds. The maximum atomic E-state index is 11.1. The second-order valence-corrected chi connectivity index (χ2v) is 5.55. The second-order valence-electron chi connectivity index (χ2n) is 5.55. The number of hydrogen-bond donors (Lipinski definition) is 3. The zero-order valence-corrected chi connectivity index (χ0v) is 10.6. The summed E-state index contributed by atoms with van der Waals surface area (Å²) in [7, 11) is 0. The van der Waals surface area contributed by atoms with E-state index in [1.54, 1.807) is 0 Å². The van der Waals surface area contributed by atoms with Crippen LogP contribution in [0.15, 0.2) is 0 Å². The molecule has 0 aromatic rings. The summed E-state index contributed by atoms with van der Waals surface area (Å²) in [5, 5.41) is 7.06. The summed E-state index contributed by atoms with van der Waals surface area (Å²) in [6.07, 6.45) is 6.75. The average Bonchev–Trinajstić information content (AvgIpc) is 2.38. The van der Waals surface area contributed by atoms with Gasteiger partial charge in [0.1, 0.15) is 0 Å². The zero-order valence-electron chi connectivity index (χ0n) is 10.6. The average molecular weight is 239 g/mol. The van der Waals surface area contributed by atoms with Gasteiger partial charge in [-0.15, -0.1) is 0 Å². The highest BCUT2D eigenvalue weighted by molar-refractivity contribution is 5.76. The van der Waals surface area contributed by atoms with Crippen molar-refractivity contribution in [1.29, 1.82) is 0 Å². The predicted octanol–water partition coefficient (Wildman–Crippen LogP) is 0.620. The van der Waals surface area contributed by atoms with Gasteiger partial charge in [0.05, 0.1) is 0 Å². The minimum absolute atomic E-state index is 0.109. The summed E-state index contributed by atoms with van der Waals surface area (Å²) >= 11 is 0. The number of hydrogen-bond acceptors (Lipinski definition) is 3. The fourth-order valence-electron chi connectivity index (χ4n) is 3.00. The Labute approximate surface area is 104 Å². The lowest BCUT2D eigenvalue weighted by Gasteiger charge is -2.30. The van der Waals surface area contributed by atoms with E-state index in [4.69, 9.17) is 5.73 Å².